The summed E-state index contributed by atoms with van der Waals surface area (Å²) in [5.74, 6) is -39.9. The van der Waals surface area contributed by atoms with Crippen LogP contribution in [0.25, 0.3) is 10.8 Å². The molecule has 0 aliphatic carbocycles. The molecule has 10 aromatic carbocycles. The van der Waals surface area contributed by atoms with Crippen molar-refractivity contribution in [3.05, 3.63) is 178 Å². The van der Waals surface area contributed by atoms with Crippen molar-refractivity contribution >= 4 is 58.5 Å². The molecule has 0 spiro atoms. The molecule has 18 N–H and O–H groups in total. The van der Waals surface area contributed by atoms with Gasteiger partial charge in [-0.1, -0.05) is 24.3 Å². The molecule has 0 bridgehead atoms. The highest BCUT2D eigenvalue weighted by atomic mass is 16.6. The minimum atomic E-state index is -1.62. The lowest BCUT2D eigenvalue weighted by molar-refractivity contribution is 0.0652. The number of hydrogen-bond acceptors (Lipinski definition) is 34. The molecule has 0 aromatic heterocycles. The van der Waals surface area contributed by atoms with E-state index in [1.807, 2.05) is 0 Å². The van der Waals surface area contributed by atoms with Gasteiger partial charge in [0.05, 0.1) is 44.5 Å². The first kappa shape index (κ1) is 67.5. The highest BCUT2D eigenvalue weighted by molar-refractivity contribution is 6.04. The summed E-state index contributed by atoms with van der Waals surface area (Å²) in [6.07, 6.45) is 0. The molecule has 0 heterocycles. The molecule has 0 aliphatic heterocycles. The van der Waals surface area contributed by atoms with Gasteiger partial charge in [-0.3, -0.25) is 0 Å². The fraction of sp³-hybridized carbons (Fsp3) is 0. The topological polar surface area (TPSA) is 575 Å². The molecule has 0 saturated carbocycles. The van der Waals surface area contributed by atoms with Crippen LogP contribution in [0.5, 0.6) is 149 Å². The number of aromatic hydroxyl groups is 18. The molecule has 0 saturated heterocycles. The fourth-order valence-electron chi connectivity index (χ4n) is 8.91. The number of phenolic OH excluding ortho intramolecular Hbond substituents is 18. The largest absolute Gasteiger partial charge is 0.504 e. The summed E-state index contributed by atoms with van der Waals surface area (Å²) < 4.78 is 44.4. The van der Waals surface area contributed by atoms with E-state index < -0.39 is 242 Å². The Morgan fingerprint density at radius 3 is 0.520 bits per heavy atom. The first-order valence-electron chi connectivity index (χ1n) is 27.4. The molecule has 34 heteroatoms. The second kappa shape index (κ2) is 26.6. The van der Waals surface area contributed by atoms with E-state index in [-0.39, 0.29) is 10.8 Å². The van der Waals surface area contributed by atoms with Crippen molar-refractivity contribution in [3.8, 4) is 149 Å². The van der Waals surface area contributed by atoms with Crippen LogP contribution in [0.2, 0.25) is 0 Å². The van der Waals surface area contributed by atoms with Crippen molar-refractivity contribution in [2.75, 3.05) is 0 Å². The van der Waals surface area contributed by atoms with Gasteiger partial charge in [-0.05, 0) is 109 Å². The minimum absolute atomic E-state index is 0.122. The third kappa shape index (κ3) is 13.7. The standard InChI is InChI=1S/C66H40O34/c67-33-7-23(8-34(68)51(33)79)59(85)95-47-19-29(20-48(96-60(86)24-9-35(69)52(80)36(70)10-24)57(47)99-65(91)27-15-41(75)55(83)42(76)16-27)63(89)93-45-5-1-3-31-32(45)4-2-6-46(31)94-64(90)30-21-49(97-61(87)25-11-37(71)53(81)38(72)12-25)58(100-66(92)28-17-43(77)56(84)44(78)18-28)50(22-30)98-62(88)26-13-39(73)54(82)40(74)14-26/h1-22,67-84H. The summed E-state index contributed by atoms with van der Waals surface area (Å²) in [6.45, 7) is 0. The number of ether oxygens (including phenoxy) is 8. The van der Waals surface area contributed by atoms with Crippen molar-refractivity contribution in [2.24, 2.45) is 0 Å². The normalized spacial score (nSPS) is 10.8. The van der Waals surface area contributed by atoms with Crippen molar-refractivity contribution < 1.29 is 168 Å². The second-order valence-corrected chi connectivity index (χ2v) is 20.5. The van der Waals surface area contributed by atoms with E-state index in [1.54, 1.807) is 0 Å². The number of carbonyl (C=O) groups is 8. The molecule has 0 atom stereocenters. The Balaban J connectivity index is 1.06. The van der Waals surface area contributed by atoms with Crippen LogP contribution < -0.4 is 37.9 Å². The van der Waals surface area contributed by atoms with Crippen molar-refractivity contribution in [2.45, 2.75) is 0 Å². The molecular formula is C66H40O34. The molecule has 10 aromatic rings. The van der Waals surface area contributed by atoms with E-state index in [4.69, 9.17) is 37.9 Å². The average molecular weight is 1380 g/mol. The molecule has 0 fully saturated rings. The van der Waals surface area contributed by atoms with Gasteiger partial charge in [-0.15, -0.1) is 0 Å². The van der Waals surface area contributed by atoms with Crippen molar-refractivity contribution in [3.63, 3.8) is 0 Å². The molecule has 0 radical (unpaired) electrons. The fourth-order valence-corrected chi connectivity index (χ4v) is 8.91. The molecule has 508 valence electrons. The predicted octanol–water partition coefficient (Wildman–Crippen LogP) is 7.29. The van der Waals surface area contributed by atoms with E-state index in [0.29, 0.717) is 97.1 Å². The molecule has 10 rings (SSSR count). The first-order valence-corrected chi connectivity index (χ1v) is 27.4. The van der Waals surface area contributed by atoms with Crippen LogP contribution >= 0.6 is 0 Å². The zero-order valence-corrected chi connectivity index (χ0v) is 49.3. The summed E-state index contributed by atoms with van der Waals surface area (Å²) in [4.78, 5) is 112. The summed E-state index contributed by atoms with van der Waals surface area (Å²) in [5, 5.41) is 182. The van der Waals surface area contributed by atoms with Crippen molar-refractivity contribution in [1.29, 1.82) is 0 Å². The smallest absolute Gasteiger partial charge is 0.344 e. The maximum Gasteiger partial charge on any atom is 0.344 e. The van der Waals surface area contributed by atoms with E-state index in [0.717, 1.165) is 12.1 Å². The summed E-state index contributed by atoms with van der Waals surface area (Å²) in [6, 6.07) is 16.7. The quantitative estimate of drug-likeness (QED) is 0.0256. The Hall–Kier alpha value is -15.4. The van der Waals surface area contributed by atoms with Crippen LogP contribution in [0.3, 0.4) is 0 Å². The van der Waals surface area contributed by atoms with E-state index in [1.165, 1.54) is 24.3 Å². The molecule has 100 heavy (non-hydrogen) atoms. The third-order valence-corrected chi connectivity index (χ3v) is 13.8. The zero-order valence-electron chi connectivity index (χ0n) is 49.3. The highest BCUT2D eigenvalue weighted by Gasteiger charge is 2.32. The Morgan fingerprint density at radius 1 is 0.190 bits per heavy atom. The van der Waals surface area contributed by atoms with E-state index >= 15 is 0 Å². The van der Waals surface area contributed by atoms with Gasteiger partial charge in [0.2, 0.25) is 11.5 Å². The van der Waals surface area contributed by atoms with Crippen LogP contribution in [-0.4, -0.2) is 140 Å². The lowest BCUT2D eigenvalue weighted by Crippen LogP contribution is -2.17. The number of esters is 8. The Morgan fingerprint density at radius 2 is 0.340 bits per heavy atom. The number of fused-ring (bicyclic) bond motifs is 1. The average Bonchev–Trinajstić information content (AvgIpc) is 0.785. The van der Waals surface area contributed by atoms with Gasteiger partial charge >= 0.3 is 47.8 Å². The van der Waals surface area contributed by atoms with Crippen LogP contribution in [0.15, 0.2) is 133 Å². The van der Waals surface area contributed by atoms with Gasteiger partial charge in [0.15, 0.2) is 126 Å². The van der Waals surface area contributed by atoms with Crippen LogP contribution in [-0.2, 0) is 0 Å². The van der Waals surface area contributed by atoms with Gasteiger partial charge in [0, 0.05) is 10.8 Å². The van der Waals surface area contributed by atoms with Gasteiger partial charge < -0.3 is 130 Å². The van der Waals surface area contributed by atoms with Crippen molar-refractivity contribution in [1.82, 2.24) is 0 Å². The number of carbonyl (C=O) groups excluding carboxylic acids is 8. The number of benzene rings is 10. The maximum absolute atomic E-state index is 14.6. The van der Waals surface area contributed by atoms with Crippen LogP contribution in [0, 0.1) is 0 Å². The van der Waals surface area contributed by atoms with E-state index in [2.05, 4.69) is 0 Å². The van der Waals surface area contributed by atoms with Gasteiger partial charge in [-0.2, -0.15) is 0 Å². The predicted molar refractivity (Wildman–Crippen MR) is 325 cm³/mol. The maximum atomic E-state index is 14.6. The Kier molecular flexibility index (Phi) is 17.9. The van der Waals surface area contributed by atoms with Crippen LogP contribution in [0.4, 0.5) is 0 Å². The molecular weight excluding hydrogens is 1340 g/mol. The molecule has 0 unspecified atom stereocenters. The summed E-state index contributed by atoms with van der Waals surface area (Å²) >= 11 is 0. The lowest BCUT2D eigenvalue weighted by atomic mass is 10.1. The summed E-state index contributed by atoms with van der Waals surface area (Å²) in [5.41, 5.74) is -6.25. The van der Waals surface area contributed by atoms with Gasteiger partial charge in [0.1, 0.15) is 11.5 Å². The van der Waals surface area contributed by atoms with Gasteiger partial charge in [-0.25, -0.2) is 38.4 Å². The van der Waals surface area contributed by atoms with E-state index in [9.17, 15) is 130 Å². The molecule has 0 aliphatic rings. The minimum Gasteiger partial charge on any atom is -0.504 e. The van der Waals surface area contributed by atoms with Gasteiger partial charge in [0.25, 0.3) is 0 Å². The zero-order chi connectivity index (χ0) is 72.6. The number of hydrogen-bond donors (Lipinski definition) is 18. The van der Waals surface area contributed by atoms with Crippen LogP contribution in [0.1, 0.15) is 82.9 Å². The number of phenols is 18. The monoisotopic (exact) mass is 1380 g/mol. The highest BCUT2D eigenvalue weighted by Crippen LogP contribution is 2.47. The Labute approximate surface area is 552 Å². The summed E-state index contributed by atoms with van der Waals surface area (Å²) in [7, 11) is 0. The molecule has 34 nitrogen and oxygen atoms in total. The first-order chi connectivity index (χ1) is 47.2. The lowest BCUT2D eigenvalue weighted by Gasteiger charge is -2.18. The second-order valence-electron chi connectivity index (χ2n) is 20.5. The Bertz CT molecular complexity index is 4540. The molecule has 0 amide bonds. The number of rotatable bonds is 16. The SMILES string of the molecule is O=C(Oc1cc(C(=O)Oc2cccc3c(OC(=O)c4cc(OC(=O)c5cc(O)c(O)c(O)c5)c(OC(=O)c5cc(O)c(O)c(O)c5)c(OC(=O)c5cc(O)c(O)c(O)c5)c4)cccc23)cc(OC(=O)c2cc(O)c(O)c(O)c2)c1OC(=O)c1cc(O)c(O)c(O)c1)c1cc(O)c(O)c(O)c1. The third-order valence-electron chi connectivity index (χ3n) is 13.8.